The minimum atomic E-state index is -5.08. The Labute approximate surface area is 240 Å². The number of ether oxygens (including phenoxy) is 4. The summed E-state index contributed by atoms with van der Waals surface area (Å²) in [4.78, 5) is 37.1. The number of esters is 2. The monoisotopic (exact) mass is 624 g/mol. The molecule has 0 unspecified atom stereocenters. The number of azide groups is 1. The second kappa shape index (κ2) is 15.8. The van der Waals surface area contributed by atoms with Gasteiger partial charge in [-0.2, -0.15) is 13.2 Å². The number of nitrogens with zero attached hydrogens (tertiary/aromatic N) is 3. The van der Waals surface area contributed by atoms with Crippen LogP contribution in [0.4, 0.5) is 13.2 Å². The van der Waals surface area contributed by atoms with Gasteiger partial charge in [0.2, 0.25) is 0 Å². The molecule has 1 aliphatic heterocycles. The van der Waals surface area contributed by atoms with Crippen molar-refractivity contribution < 1.29 is 61.8 Å². The van der Waals surface area contributed by atoms with E-state index >= 15 is 0 Å². The third-order valence-corrected chi connectivity index (χ3v) is 7.57. The number of nitrogens with two attached hydrogens (primary N) is 1. The molecule has 236 valence electrons. The van der Waals surface area contributed by atoms with Gasteiger partial charge in [-0.1, -0.05) is 43.0 Å². The molecule has 6 atom stereocenters. The SMILES string of the molecule is COC(=O)[C@@]1(OCC[Si](C)(C)C)C[C@H](OC(=O)c2ccccc2)[C@@H](N)[C@H]([C@H](O)[C@H](O)CN=[N+]=[N-])O1.O=C(O)C(F)(F)F. The Hall–Kier alpha value is -3.25. The molecule has 1 aliphatic rings. The quantitative estimate of drug-likeness (QED) is 0.0918. The van der Waals surface area contributed by atoms with E-state index in [2.05, 4.69) is 29.7 Å². The molecule has 1 aromatic carbocycles. The molecular formula is C24H35F3N4O10Si. The largest absolute Gasteiger partial charge is 0.490 e. The molecule has 1 aromatic rings. The zero-order chi connectivity index (χ0) is 32.3. The predicted molar refractivity (Wildman–Crippen MR) is 142 cm³/mol. The number of hydrogen-bond donors (Lipinski definition) is 4. The molecule has 2 rings (SSSR count). The first-order chi connectivity index (χ1) is 19.4. The fraction of sp³-hybridized carbons (Fsp3) is 0.625. The van der Waals surface area contributed by atoms with Crippen molar-refractivity contribution in [2.24, 2.45) is 10.8 Å². The number of alkyl halides is 3. The van der Waals surface area contributed by atoms with E-state index in [9.17, 15) is 33.0 Å². The summed E-state index contributed by atoms with van der Waals surface area (Å²) in [6, 6.07) is 7.71. The van der Waals surface area contributed by atoms with Gasteiger partial charge in [-0.15, -0.1) is 0 Å². The summed E-state index contributed by atoms with van der Waals surface area (Å²) in [7, 11) is -0.421. The van der Waals surface area contributed by atoms with E-state index in [0.717, 1.165) is 7.11 Å². The van der Waals surface area contributed by atoms with Gasteiger partial charge in [0.05, 0.1) is 37.8 Å². The summed E-state index contributed by atoms with van der Waals surface area (Å²) in [5, 5.41) is 31.5. The molecule has 5 N–H and O–H groups in total. The first-order valence-corrected chi connectivity index (χ1v) is 16.2. The van der Waals surface area contributed by atoms with Crippen LogP contribution in [0.15, 0.2) is 35.4 Å². The van der Waals surface area contributed by atoms with Crippen molar-refractivity contribution in [2.75, 3.05) is 20.3 Å². The van der Waals surface area contributed by atoms with Crippen LogP contribution in [0.25, 0.3) is 10.4 Å². The van der Waals surface area contributed by atoms with E-state index in [4.69, 9.17) is 40.1 Å². The van der Waals surface area contributed by atoms with E-state index in [1.165, 1.54) is 0 Å². The predicted octanol–water partition coefficient (Wildman–Crippen LogP) is 2.22. The van der Waals surface area contributed by atoms with Crippen LogP contribution in [-0.2, 0) is 28.5 Å². The van der Waals surface area contributed by atoms with Crippen LogP contribution in [0, 0.1) is 0 Å². The second-order valence-electron chi connectivity index (χ2n) is 10.4. The summed E-state index contributed by atoms with van der Waals surface area (Å²) in [5.41, 5.74) is 15.1. The number of hydrogen-bond acceptors (Lipinski definition) is 11. The van der Waals surface area contributed by atoms with Gasteiger partial charge in [-0.25, -0.2) is 14.4 Å². The van der Waals surface area contributed by atoms with Crippen LogP contribution in [0.3, 0.4) is 0 Å². The topological polar surface area (TPSA) is 224 Å². The fourth-order valence-electron chi connectivity index (χ4n) is 3.56. The number of methoxy groups -OCH3 is 1. The van der Waals surface area contributed by atoms with E-state index < -0.39 is 74.9 Å². The van der Waals surface area contributed by atoms with E-state index in [0.29, 0.717) is 6.04 Å². The Kier molecular flexibility index (Phi) is 13.9. The molecule has 0 spiro atoms. The lowest BCUT2D eigenvalue weighted by molar-refractivity contribution is -0.308. The number of rotatable bonds is 11. The number of carbonyl (C=O) groups is 3. The summed E-state index contributed by atoms with van der Waals surface area (Å²) in [6.07, 6.45) is -11.2. The fourth-order valence-corrected chi connectivity index (χ4v) is 4.28. The van der Waals surface area contributed by atoms with Gasteiger partial charge in [0.25, 0.3) is 5.79 Å². The molecule has 0 bridgehead atoms. The normalized spacial score (nSPS) is 23.7. The average molecular weight is 625 g/mol. The Morgan fingerprint density at radius 2 is 1.81 bits per heavy atom. The maximum Gasteiger partial charge on any atom is 0.490 e. The molecule has 1 heterocycles. The first-order valence-electron chi connectivity index (χ1n) is 12.5. The summed E-state index contributed by atoms with van der Waals surface area (Å²) in [5.74, 6) is -6.40. The highest BCUT2D eigenvalue weighted by Gasteiger charge is 2.56. The van der Waals surface area contributed by atoms with Crippen LogP contribution in [0.1, 0.15) is 16.8 Å². The number of aliphatic carboxylic acids is 1. The van der Waals surface area contributed by atoms with Crippen LogP contribution in [-0.4, -0.2) is 104 Å². The third-order valence-electron chi connectivity index (χ3n) is 5.86. The van der Waals surface area contributed by atoms with Crippen LogP contribution in [0.2, 0.25) is 25.7 Å². The van der Waals surface area contributed by atoms with Crippen LogP contribution >= 0.6 is 0 Å². The first kappa shape index (κ1) is 36.8. The van der Waals surface area contributed by atoms with E-state index in [-0.39, 0.29) is 18.6 Å². The van der Waals surface area contributed by atoms with Gasteiger partial charge in [0.15, 0.2) is 0 Å². The third kappa shape index (κ3) is 11.2. The molecule has 14 nitrogen and oxygen atoms in total. The van der Waals surface area contributed by atoms with E-state index in [1.807, 2.05) is 0 Å². The van der Waals surface area contributed by atoms with Gasteiger partial charge in [0.1, 0.15) is 18.3 Å². The number of halogens is 3. The van der Waals surface area contributed by atoms with Gasteiger partial charge in [-0.3, -0.25) is 0 Å². The number of benzene rings is 1. The molecule has 42 heavy (non-hydrogen) atoms. The zero-order valence-corrected chi connectivity index (χ0v) is 24.4. The van der Waals surface area contributed by atoms with Crippen molar-refractivity contribution in [3.63, 3.8) is 0 Å². The molecule has 1 saturated heterocycles. The summed E-state index contributed by atoms with van der Waals surface area (Å²) >= 11 is 0. The molecule has 0 aromatic heterocycles. The number of carbonyl (C=O) groups excluding carboxylic acids is 2. The summed E-state index contributed by atoms with van der Waals surface area (Å²) < 4.78 is 54.1. The van der Waals surface area contributed by atoms with Crippen molar-refractivity contribution in [1.82, 2.24) is 0 Å². The molecule has 0 amide bonds. The maximum atomic E-state index is 12.9. The number of aliphatic hydroxyl groups is 2. The molecule has 18 heteroatoms. The second-order valence-corrected chi connectivity index (χ2v) is 16.0. The van der Waals surface area contributed by atoms with Crippen molar-refractivity contribution in [3.05, 3.63) is 46.3 Å². The minimum absolute atomic E-state index is 0.142. The van der Waals surface area contributed by atoms with Gasteiger partial charge in [0, 0.05) is 19.6 Å². The Bertz CT molecular complexity index is 1100. The lowest BCUT2D eigenvalue weighted by Crippen LogP contribution is -2.67. The van der Waals surface area contributed by atoms with Crippen molar-refractivity contribution in [1.29, 1.82) is 0 Å². The highest BCUT2D eigenvalue weighted by atomic mass is 28.3. The molecular weight excluding hydrogens is 589 g/mol. The number of carboxylic acid groups (broad SMARTS) is 1. The Balaban J connectivity index is 0.00000112. The van der Waals surface area contributed by atoms with Crippen molar-refractivity contribution >= 4 is 26.0 Å². The molecule has 0 saturated carbocycles. The smallest absolute Gasteiger partial charge is 0.475 e. The van der Waals surface area contributed by atoms with Gasteiger partial charge in [-0.05, 0) is 23.7 Å². The average Bonchev–Trinajstić information content (AvgIpc) is 2.92. The highest BCUT2D eigenvalue weighted by molar-refractivity contribution is 6.76. The van der Waals surface area contributed by atoms with Gasteiger partial charge >= 0.3 is 24.1 Å². The highest BCUT2D eigenvalue weighted by Crippen LogP contribution is 2.35. The number of aliphatic hydroxyl groups excluding tert-OH is 2. The zero-order valence-electron chi connectivity index (χ0n) is 23.4. The maximum absolute atomic E-state index is 12.9. The number of carboxylic acids is 1. The molecule has 1 fully saturated rings. The van der Waals surface area contributed by atoms with E-state index in [1.54, 1.807) is 30.3 Å². The Morgan fingerprint density at radius 3 is 2.29 bits per heavy atom. The van der Waals surface area contributed by atoms with Crippen LogP contribution in [0.5, 0.6) is 0 Å². The summed E-state index contributed by atoms with van der Waals surface area (Å²) in [6.45, 7) is 6.05. The van der Waals surface area contributed by atoms with Crippen molar-refractivity contribution in [2.45, 2.75) is 74.5 Å². The Morgan fingerprint density at radius 1 is 1.24 bits per heavy atom. The molecule has 0 radical (unpaired) electrons. The lowest BCUT2D eigenvalue weighted by Gasteiger charge is -2.46. The lowest BCUT2D eigenvalue weighted by atomic mass is 9.89. The molecule has 0 aliphatic carbocycles. The van der Waals surface area contributed by atoms with Crippen LogP contribution < -0.4 is 5.73 Å². The van der Waals surface area contributed by atoms with Gasteiger partial charge < -0.3 is 40.0 Å². The minimum Gasteiger partial charge on any atom is -0.475 e. The standard InChI is InChI=1S/C22H34N4O8Si.C2HF3O2/c1-31-21(30)22(32-10-11-35(2,3)4)12-16(33-20(29)14-8-6-5-7-9-14)17(23)19(34-22)18(28)15(27)13-25-26-24;3-2(4,5)1(6)7/h5-9,15-19,27-28H,10-13,23H2,1-4H3;(H,6,7)/t15-,16+,17-,18-,19-,22-;/m1./s1. The van der Waals surface area contributed by atoms with Crippen molar-refractivity contribution in [3.8, 4) is 0 Å².